The van der Waals surface area contributed by atoms with Crippen molar-refractivity contribution in [3.63, 3.8) is 0 Å². The van der Waals surface area contributed by atoms with Gasteiger partial charge in [0.1, 0.15) is 11.8 Å². The van der Waals surface area contributed by atoms with Gasteiger partial charge in [-0.15, -0.1) is 0 Å². The van der Waals surface area contributed by atoms with Gasteiger partial charge in [-0.3, -0.25) is 4.79 Å². The van der Waals surface area contributed by atoms with E-state index in [1.165, 1.54) is 0 Å². The second-order valence-corrected chi connectivity index (χ2v) is 7.54. The normalized spacial score (nSPS) is 15.4. The van der Waals surface area contributed by atoms with Crippen LogP contribution in [0.5, 0.6) is 5.75 Å². The predicted molar refractivity (Wildman–Crippen MR) is 93.2 cm³/mol. The zero-order chi connectivity index (χ0) is 18.4. The number of nitriles is 1. The van der Waals surface area contributed by atoms with Crippen LogP contribution in [-0.4, -0.2) is 45.0 Å². The smallest absolute Gasteiger partial charge is 0.260 e. The Morgan fingerprint density at radius 1 is 1.48 bits per heavy atom. The SMILES string of the molecule is C=CS(=O)(=O)NC1CCN(C(=O)COc2ccc(C)cc2C#N)CC1. The molecule has 1 heterocycles. The molecule has 1 aromatic rings. The van der Waals surface area contributed by atoms with Crippen molar-refractivity contribution < 1.29 is 17.9 Å². The van der Waals surface area contributed by atoms with Gasteiger partial charge in [-0.2, -0.15) is 5.26 Å². The number of carbonyl (C=O) groups excluding carboxylic acids is 1. The average molecular weight is 363 g/mol. The number of nitrogens with one attached hydrogen (secondary N) is 1. The number of hydrogen-bond acceptors (Lipinski definition) is 5. The lowest BCUT2D eigenvalue weighted by Gasteiger charge is -2.32. The minimum absolute atomic E-state index is 0.152. The topological polar surface area (TPSA) is 99.5 Å². The fourth-order valence-corrected chi connectivity index (χ4v) is 3.41. The Hall–Kier alpha value is -2.37. The lowest BCUT2D eigenvalue weighted by Crippen LogP contribution is -2.47. The monoisotopic (exact) mass is 363 g/mol. The molecule has 0 unspecified atom stereocenters. The first kappa shape index (κ1) is 19.0. The van der Waals surface area contributed by atoms with E-state index in [4.69, 9.17) is 10.00 Å². The van der Waals surface area contributed by atoms with E-state index < -0.39 is 10.0 Å². The third-order valence-electron chi connectivity index (χ3n) is 4.00. The van der Waals surface area contributed by atoms with Crippen LogP contribution >= 0.6 is 0 Å². The maximum Gasteiger partial charge on any atom is 0.260 e. The largest absolute Gasteiger partial charge is 0.482 e. The molecule has 1 aliphatic rings. The molecule has 0 spiro atoms. The van der Waals surface area contributed by atoms with Gasteiger partial charge in [0.25, 0.3) is 5.91 Å². The molecule has 1 amide bonds. The predicted octanol–water partition coefficient (Wildman–Crippen LogP) is 1.30. The molecular weight excluding hydrogens is 342 g/mol. The molecule has 0 radical (unpaired) electrons. The Kier molecular flexibility index (Phi) is 6.17. The maximum absolute atomic E-state index is 12.2. The van der Waals surface area contributed by atoms with E-state index >= 15 is 0 Å². The summed E-state index contributed by atoms with van der Waals surface area (Å²) in [5, 5.41) is 9.99. The summed E-state index contributed by atoms with van der Waals surface area (Å²) in [5.74, 6) is 0.199. The Balaban J connectivity index is 1.85. The zero-order valence-corrected chi connectivity index (χ0v) is 14.9. The molecule has 7 nitrogen and oxygen atoms in total. The average Bonchev–Trinajstić information content (AvgIpc) is 2.60. The minimum atomic E-state index is -3.46. The summed E-state index contributed by atoms with van der Waals surface area (Å²) < 4.78 is 31.0. The third kappa shape index (κ3) is 5.31. The van der Waals surface area contributed by atoms with Crippen LogP contribution in [0.3, 0.4) is 0 Å². The summed E-state index contributed by atoms with van der Waals surface area (Å²) in [7, 11) is -3.46. The molecule has 1 aromatic carbocycles. The van der Waals surface area contributed by atoms with Gasteiger partial charge >= 0.3 is 0 Å². The zero-order valence-electron chi connectivity index (χ0n) is 14.1. The second-order valence-electron chi connectivity index (χ2n) is 5.88. The first-order chi connectivity index (χ1) is 11.8. The van der Waals surface area contributed by atoms with Crippen molar-refractivity contribution in [2.24, 2.45) is 0 Å². The molecule has 1 saturated heterocycles. The van der Waals surface area contributed by atoms with Crippen LogP contribution in [0, 0.1) is 18.3 Å². The molecule has 0 bridgehead atoms. The van der Waals surface area contributed by atoms with Crippen LogP contribution in [-0.2, 0) is 14.8 Å². The highest BCUT2D eigenvalue weighted by Crippen LogP contribution is 2.19. The summed E-state index contributed by atoms with van der Waals surface area (Å²) in [4.78, 5) is 13.9. The summed E-state index contributed by atoms with van der Waals surface area (Å²) in [6.07, 6.45) is 1.07. The number of ether oxygens (including phenoxy) is 1. The molecule has 1 N–H and O–H groups in total. The van der Waals surface area contributed by atoms with Crippen molar-refractivity contribution in [3.8, 4) is 11.8 Å². The van der Waals surface area contributed by atoms with Gasteiger partial charge < -0.3 is 9.64 Å². The van der Waals surface area contributed by atoms with Crippen LogP contribution in [0.25, 0.3) is 0 Å². The molecular formula is C17H21N3O4S. The minimum Gasteiger partial charge on any atom is -0.482 e. The lowest BCUT2D eigenvalue weighted by atomic mass is 10.1. The molecule has 0 aromatic heterocycles. The van der Waals surface area contributed by atoms with E-state index in [9.17, 15) is 13.2 Å². The van der Waals surface area contributed by atoms with E-state index in [1.807, 2.05) is 19.1 Å². The van der Waals surface area contributed by atoms with E-state index in [0.29, 0.717) is 37.2 Å². The summed E-state index contributed by atoms with van der Waals surface area (Å²) in [5.41, 5.74) is 1.34. The van der Waals surface area contributed by atoms with Crippen LogP contribution in [0.4, 0.5) is 0 Å². The molecule has 134 valence electrons. The van der Waals surface area contributed by atoms with E-state index in [1.54, 1.807) is 17.0 Å². The van der Waals surface area contributed by atoms with Gasteiger partial charge in [-0.1, -0.05) is 12.6 Å². The van der Waals surface area contributed by atoms with Crippen LogP contribution < -0.4 is 9.46 Å². The molecule has 0 atom stereocenters. The first-order valence-corrected chi connectivity index (χ1v) is 9.45. The van der Waals surface area contributed by atoms with Crippen molar-refractivity contribution in [3.05, 3.63) is 41.3 Å². The molecule has 0 aliphatic carbocycles. The number of hydrogen-bond donors (Lipinski definition) is 1. The second kappa shape index (κ2) is 8.14. The van der Waals surface area contributed by atoms with E-state index in [-0.39, 0.29) is 18.6 Å². The molecule has 1 fully saturated rings. The summed E-state index contributed by atoms with van der Waals surface area (Å²) >= 11 is 0. The standard InChI is InChI=1S/C17H21N3O4S/c1-3-25(22,23)19-15-6-8-20(9-7-15)17(21)12-24-16-5-4-13(2)10-14(16)11-18/h3-5,10,15,19H,1,6-9,12H2,2H3. The Morgan fingerprint density at radius 2 is 2.16 bits per heavy atom. The highest BCUT2D eigenvalue weighted by molar-refractivity contribution is 7.92. The fourth-order valence-electron chi connectivity index (χ4n) is 2.61. The van der Waals surface area contributed by atoms with Crippen molar-refractivity contribution in [1.82, 2.24) is 9.62 Å². The van der Waals surface area contributed by atoms with Gasteiger partial charge in [0.2, 0.25) is 10.0 Å². The molecule has 0 saturated carbocycles. The van der Waals surface area contributed by atoms with Gasteiger partial charge in [0.05, 0.1) is 5.56 Å². The van der Waals surface area contributed by atoms with Crippen LogP contribution in [0.15, 0.2) is 30.2 Å². The fraction of sp³-hybridized carbons (Fsp3) is 0.412. The number of piperidine rings is 1. The third-order valence-corrected chi connectivity index (χ3v) is 5.11. The van der Waals surface area contributed by atoms with Gasteiger partial charge in [-0.25, -0.2) is 13.1 Å². The molecule has 25 heavy (non-hydrogen) atoms. The Bertz CT molecular complexity index is 791. The van der Waals surface area contributed by atoms with Crippen molar-refractivity contribution in [2.75, 3.05) is 19.7 Å². The van der Waals surface area contributed by atoms with Gasteiger partial charge in [0.15, 0.2) is 6.61 Å². The van der Waals surface area contributed by atoms with Crippen LogP contribution in [0.2, 0.25) is 0 Å². The van der Waals surface area contributed by atoms with Crippen LogP contribution in [0.1, 0.15) is 24.0 Å². The number of sulfonamides is 1. The number of likely N-dealkylation sites (tertiary alicyclic amines) is 1. The summed E-state index contributed by atoms with van der Waals surface area (Å²) in [6.45, 7) is 5.88. The van der Waals surface area contributed by atoms with Crippen molar-refractivity contribution in [1.29, 1.82) is 5.26 Å². The number of nitrogens with zero attached hydrogens (tertiary/aromatic N) is 2. The van der Waals surface area contributed by atoms with Crippen molar-refractivity contribution in [2.45, 2.75) is 25.8 Å². The number of rotatable bonds is 6. The number of benzene rings is 1. The number of amides is 1. The van der Waals surface area contributed by atoms with Gasteiger partial charge in [-0.05, 0) is 37.5 Å². The molecule has 1 aliphatic heterocycles. The quantitative estimate of drug-likeness (QED) is 0.821. The Morgan fingerprint density at radius 3 is 2.76 bits per heavy atom. The summed E-state index contributed by atoms with van der Waals surface area (Å²) in [6, 6.07) is 7.05. The maximum atomic E-state index is 12.2. The first-order valence-electron chi connectivity index (χ1n) is 7.90. The molecule has 2 rings (SSSR count). The highest BCUT2D eigenvalue weighted by Gasteiger charge is 2.25. The van der Waals surface area contributed by atoms with Gasteiger partial charge in [0, 0.05) is 24.5 Å². The number of aryl methyl sites for hydroxylation is 1. The van der Waals surface area contributed by atoms with E-state index in [2.05, 4.69) is 11.3 Å². The number of carbonyl (C=O) groups is 1. The lowest BCUT2D eigenvalue weighted by molar-refractivity contribution is -0.134. The van der Waals surface area contributed by atoms with E-state index in [0.717, 1.165) is 11.0 Å². The van der Waals surface area contributed by atoms with Crippen molar-refractivity contribution >= 4 is 15.9 Å². The Labute approximate surface area is 147 Å². The molecule has 8 heteroatoms. The highest BCUT2D eigenvalue weighted by atomic mass is 32.2.